The van der Waals surface area contributed by atoms with Gasteiger partial charge < -0.3 is 64.2 Å². The van der Waals surface area contributed by atoms with Gasteiger partial charge in [0.1, 0.15) is 55.4 Å². The third-order valence-corrected chi connectivity index (χ3v) is 13.3. The van der Waals surface area contributed by atoms with E-state index in [2.05, 4.69) is 50.3 Å². The minimum absolute atomic E-state index is 0.147. The van der Waals surface area contributed by atoms with Crippen molar-refractivity contribution in [1.29, 1.82) is 0 Å². The largest absolute Gasteiger partial charge is 0.462 e. The molecule has 2 aliphatic rings. The van der Waals surface area contributed by atoms with Crippen LogP contribution in [0.2, 0.25) is 0 Å². The third-order valence-electron chi connectivity index (χ3n) is 13.3. The van der Waals surface area contributed by atoms with E-state index in [9.17, 15) is 45.3 Å². The number of allylic oxidation sites excluding steroid dienone is 6. The summed E-state index contributed by atoms with van der Waals surface area (Å²) < 4.78 is 33.5. The van der Waals surface area contributed by atoms with Crippen LogP contribution in [0.4, 0.5) is 0 Å². The van der Waals surface area contributed by atoms with Crippen LogP contribution in [0.5, 0.6) is 0 Å². The standard InChI is InChI=1S/C56H100O15/c1-3-5-7-9-11-13-15-17-18-19-20-21-22-23-24-25-26-27-29-30-32-34-36-38-47(58)66-41-44(69-48(59)39-37-35-33-31-28-16-14-12-10-8-6-4-2)42-67-55-54(65)52(63)50(61)46(71-55)43-68-56-53(64)51(62)49(60)45(40-57)70-56/h12,14,25-26,30,32,44-46,49-57,60-65H,3-11,13,15-24,27-29,31,33-43H2,1-2H3/b14-12+,26-25+,32-30+/t44-,45+,46+,49-,50-,51?,52?,53?,54?,55+,56+/m0/s1. The molecule has 71 heavy (non-hydrogen) atoms. The minimum atomic E-state index is -1.77. The first-order valence-electron chi connectivity index (χ1n) is 28.1. The maximum absolute atomic E-state index is 13.0. The van der Waals surface area contributed by atoms with Crippen LogP contribution in [-0.2, 0) is 38.0 Å². The number of carbonyl (C=O) groups excluding carboxylic acids is 2. The molecule has 2 saturated heterocycles. The van der Waals surface area contributed by atoms with Crippen molar-refractivity contribution in [2.75, 3.05) is 26.4 Å². The van der Waals surface area contributed by atoms with E-state index >= 15 is 0 Å². The Balaban J connectivity index is 1.75. The fourth-order valence-electron chi connectivity index (χ4n) is 8.70. The second-order valence-electron chi connectivity index (χ2n) is 19.7. The minimum Gasteiger partial charge on any atom is -0.462 e. The molecule has 15 heteroatoms. The van der Waals surface area contributed by atoms with Gasteiger partial charge in [0.25, 0.3) is 0 Å². The van der Waals surface area contributed by atoms with Crippen molar-refractivity contribution < 1.29 is 73.8 Å². The lowest BCUT2D eigenvalue weighted by molar-refractivity contribution is -0.332. The van der Waals surface area contributed by atoms with Gasteiger partial charge in [0.05, 0.1) is 19.8 Å². The summed E-state index contributed by atoms with van der Waals surface area (Å²) in [5, 5.41) is 72.1. The summed E-state index contributed by atoms with van der Waals surface area (Å²) in [6.07, 6.45) is 30.5. The van der Waals surface area contributed by atoms with Crippen molar-refractivity contribution in [1.82, 2.24) is 0 Å². The molecule has 0 spiro atoms. The van der Waals surface area contributed by atoms with Crippen molar-refractivity contribution in [2.24, 2.45) is 0 Å². The van der Waals surface area contributed by atoms with Crippen LogP contribution >= 0.6 is 0 Å². The van der Waals surface area contributed by atoms with Gasteiger partial charge in [-0.3, -0.25) is 9.59 Å². The summed E-state index contributed by atoms with van der Waals surface area (Å²) in [6, 6.07) is 0. The second kappa shape index (κ2) is 43.0. The first kappa shape index (κ1) is 64.8. The fourth-order valence-corrected chi connectivity index (χ4v) is 8.70. The smallest absolute Gasteiger partial charge is 0.306 e. The van der Waals surface area contributed by atoms with Crippen molar-refractivity contribution in [3.05, 3.63) is 36.5 Å². The molecular formula is C56H100O15. The van der Waals surface area contributed by atoms with Crippen molar-refractivity contribution in [3.8, 4) is 0 Å². The summed E-state index contributed by atoms with van der Waals surface area (Å²) >= 11 is 0. The second-order valence-corrected chi connectivity index (χ2v) is 19.7. The maximum Gasteiger partial charge on any atom is 0.306 e. The number of rotatable bonds is 44. The molecule has 414 valence electrons. The van der Waals surface area contributed by atoms with Crippen molar-refractivity contribution in [3.63, 3.8) is 0 Å². The van der Waals surface area contributed by atoms with Crippen LogP contribution in [0.15, 0.2) is 36.5 Å². The number of ether oxygens (including phenoxy) is 6. The van der Waals surface area contributed by atoms with Gasteiger partial charge in [-0.15, -0.1) is 0 Å². The molecular weight excluding hydrogens is 913 g/mol. The number of aliphatic hydroxyl groups is 7. The number of aliphatic hydroxyl groups excluding tert-OH is 7. The zero-order chi connectivity index (χ0) is 51.7. The number of hydrogen-bond acceptors (Lipinski definition) is 15. The molecule has 0 aromatic carbocycles. The quantitative estimate of drug-likeness (QED) is 0.0172. The number of esters is 2. The molecule has 15 nitrogen and oxygen atoms in total. The SMILES string of the molecule is CCCCC/C=C/CCCCCCCC(=O)O[C@@H](COC(=O)CCC/C=C/CC/C=C/CCCCCCCCCCCCCCCC)CO[C@@H]1O[C@H](CO[C@@H]2O[C@H](CO)[C@H](O)C(O)C2O)[C@H](O)C(O)C1O. The Labute approximate surface area is 427 Å². The molecule has 2 heterocycles. The molecule has 0 aliphatic carbocycles. The normalized spacial score (nSPS) is 25.4. The van der Waals surface area contributed by atoms with Crippen LogP contribution < -0.4 is 0 Å². The van der Waals surface area contributed by atoms with Crippen molar-refractivity contribution in [2.45, 2.75) is 280 Å². The lowest BCUT2D eigenvalue weighted by Gasteiger charge is -2.42. The highest BCUT2D eigenvalue weighted by atomic mass is 16.7. The van der Waals surface area contributed by atoms with E-state index in [0.717, 1.165) is 57.8 Å². The zero-order valence-corrected chi connectivity index (χ0v) is 44.0. The molecule has 0 amide bonds. The topological polar surface area (TPSA) is 231 Å². The van der Waals surface area contributed by atoms with E-state index in [-0.39, 0.29) is 19.4 Å². The van der Waals surface area contributed by atoms with E-state index in [4.69, 9.17) is 28.4 Å². The molecule has 0 radical (unpaired) electrons. The fraction of sp³-hybridized carbons (Fsp3) is 0.857. The van der Waals surface area contributed by atoms with Gasteiger partial charge in [-0.2, -0.15) is 0 Å². The molecule has 7 N–H and O–H groups in total. The molecule has 0 bridgehead atoms. The number of hydrogen-bond donors (Lipinski definition) is 7. The Morgan fingerprint density at radius 1 is 0.437 bits per heavy atom. The predicted octanol–water partition coefficient (Wildman–Crippen LogP) is 8.88. The van der Waals surface area contributed by atoms with Crippen LogP contribution in [0, 0.1) is 0 Å². The highest BCUT2D eigenvalue weighted by Gasteiger charge is 2.47. The first-order valence-corrected chi connectivity index (χ1v) is 28.1. The van der Waals surface area contributed by atoms with E-state index in [0.29, 0.717) is 19.3 Å². The van der Waals surface area contributed by atoms with E-state index < -0.39 is 99.3 Å². The summed E-state index contributed by atoms with van der Waals surface area (Å²) in [5.41, 5.74) is 0. The lowest BCUT2D eigenvalue weighted by Crippen LogP contribution is -2.61. The molecule has 0 aromatic heterocycles. The zero-order valence-electron chi connectivity index (χ0n) is 44.0. The van der Waals surface area contributed by atoms with Crippen LogP contribution in [0.1, 0.15) is 213 Å². The molecule has 0 aromatic rings. The van der Waals surface area contributed by atoms with Gasteiger partial charge in [-0.1, -0.05) is 166 Å². The molecule has 2 rings (SSSR count). The highest BCUT2D eigenvalue weighted by Crippen LogP contribution is 2.26. The molecule has 2 fully saturated rings. The van der Waals surface area contributed by atoms with Gasteiger partial charge in [0, 0.05) is 12.8 Å². The molecule has 0 saturated carbocycles. The monoisotopic (exact) mass is 1010 g/mol. The van der Waals surface area contributed by atoms with Gasteiger partial charge in [-0.05, 0) is 70.6 Å². The first-order chi connectivity index (χ1) is 34.5. The third kappa shape index (κ3) is 30.6. The maximum atomic E-state index is 13.0. The van der Waals surface area contributed by atoms with Crippen LogP contribution in [-0.4, -0.2) is 142 Å². The lowest BCUT2D eigenvalue weighted by atomic mass is 9.98. The van der Waals surface area contributed by atoms with E-state index in [1.54, 1.807) is 0 Å². The summed E-state index contributed by atoms with van der Waals surface area (Å²) in [6.45, 7) is 2.53. The Bertz CT molecular complexity index is 1380. The number of unbranched alkanes of at least 4 members (excludes halogenated alkanes) is 24. The molecule has 4 unspecified atom stereocenters. The van der Waals surface area contributed by atoms with Gasteiger partial charge in [0.2, 0.25) is 0 Å². The van der Waals surface area contributed by atoms with E-state index in [1.165, 1.54) is 109 Å². The average Bonchev–Trinajstić information content (AvgIpc) is 3.36. The van der Waals surface area contributed by atoms with Crippen LogP contribution in [0.25, 0.3) is 0 Å². The Kier molecular flexibility index (Phi) is 39.3. The van der Waals surface area contributed by atoms with Gasteiger partial charge in [0.15, 0.2) is 18.7 Å². The Morgan fingerprint density at radius 2 is 0.831 bits per heavy atom. The Morgan fingerprint density at radius 3 is 1.35 bits per heavy atom. The van der Waals surface area contributed by atoms with E-state index in [1.807, 2.05) is 0 Å². The van der Waals surface area contributed by atoms with Gasteiger partial charge in [-0.25, -0.2) is 0 Å². The summed E-state index contributed by atoms with van der Waals surface area (Å²) in [5.74, 6) is -0.981. The van der Waals surface area contributed by atoms with Crippen LogP contribution in [0.3, 0.4) is 0 Å². The van der Waals surface area contributed by atoms with Gasteiger partial charge >= 0.3 is 11.9 Å². The Hall–Kier alpha value is -2.28. The van der Waals surface area contributed by atoms with Crippen molar-refractivity contribution >= 4 is 11.9 Å². The highest BCUT2D eigenvalue weighted by molar-refractivity contribution is 5.70. The molecule has 2 aliphatic heterocycles. The molecule has 11 atom stereocenters. The summed E-state index contributed by atoms with van der Waals surface area (Å²) in [7, 11) is 0. The summed E-state index contributed by atoms with van der Waals surface area (Å²) in [4.78, 5) is 25.8. The number of carbonyl (C=O) groups is 2. The predicted molar refractivity (Wildman–Crippen MR) is 275 cm³/mol. The average molecular weight is 1010 g/mol.